The number of rotatable bonds is 7. The van der Waals surface area contributed by atoms with Crippen LogP contribution < -0.4 is 10.5 Å². The topological polar surface area (TPSA) is 72.6 Å². The third-order valence-electron chi connectivity index (χ3n) is 2.72. The van der Waals surface area contributed by atoms with Crippen LogP contribution in [0.1, 0.15) is 19.8 Å². The van der Waals surface area contributed by atoms with Crippen LogP contribution in [-0.2, 0) is 4.79 Å². The number of ether oxygens (including phenoxy) is 1. The number of carboxylic acid groups (broad SMARTS) is 1. The molecule has 0 aromatic heterocycles. The highest BCUT2D eigenvalue weighted by Crippen LogP contribution is 2.25. The van der Waals surface area contributed by atoms with Crippen molar-refractivity contribution in [2.75, 3.05) is 6.54 Å². The standard InChI is InChI=1S/C13H18ClNO3/c1-9(6-7-10(8-15)13(16)17)18-12-5-3-2-4-11(12)14/h2-5,9-10H,6-8,15H2,1H3,(H,16,17). The van der Waals surface area contributed by atoms with Gasteiger partial charge in [0.05, 0.1) is 17.0 Å². The van der Waals surface area contributed by atoms with Crippen LogP contribution in [0, 0.1) is 5.92 Å². The summed E-state index contributed by atoms with van der Waals surface area (Å²) in [5.74, 6) is -0.754. The highest BCUT2D eigenvalue weighted by atomic mass is 35.5. The van der Waals surface area contributed by atoms with Gasteiger partial charge in [0.15, 0.2) is 0 Å². The van der Waals surface area contributed by atoms with E-state index in [2.05, 4.69) is 0 Å². The van der Waals surface area contributed by atoms with Crippen LogP contribution in [0.5, 0.6) is 5.75 Å². The summed E-state index contributed by atoms with van der Waals surface area (Å²) < 4.78 is 5.65. The molecule has 0 saturated carbocycles. The Morgan fingerprint density at radius 1 is 1.44 bits per heavy atom. The number of benzene rings is 1. The largest absolute Gasteiger partial charge is 0.489 e. The molecule has 18 heavy (non-hydrogen) atoms. The van der Waals surface area contributed by atoms with Gasteiger partial charge in [-0.25, -0.2) is 0 Å². The number of aliphatic carboxylic acids is 1. The van der Waals surface area contributed by atoms with Gasteiger partial charge in [-0.05, 0) is 31.9 Å². The van der Waals surface area contributed by atoms with Crippen LogP contribution in [0.3, 0.4) is 0 Å². The van der Waals surface area contributed by atoms with E-state index in [1.54, 1.807) is 12.1 Å². The maximum atomic E-state index is 10.8. The van der Waals surface area contributed by atoms with Gasteiger partial charge in [-0.2, -0.15) is 0 Å². The van der Waals surface area contributed by atoms with Crippen molar-refractivity contribution in [3.63, 3.8) is 0 Å². The minimum atomic E-state index is -0.859. The molecule has 0 aliphatic heterocycles. The number of nitrogens with two attached hydrogens (primary N) is 1. The van der Waals surface area contributed by atoms with Gasteiger partial charge in [0.25, 0.3) is 0 Å². The number of carbonyl (C=O) groups is 1. The molecular formula is C13H18ClNO3. The third kappa shape index (κ3) is 4.55. The Morgan fingerprint density at radius 3 is 2.67 bits per heavy atom. The van der Waals surface area contributed by atoms with Gasteiger partial charge in [0.1, 0.15) is 5.75 Å². The highest BCUT2D eigenvalue weighted by Gasteiger charge is 2.17. The molecule has 0 spiro atoms. The first-order valence-corrected chi connectivity index (χ1v) is 6.26. The number of para-hydroxylation sites is 1. The van der Waals surface area contributed by atoms with E-state index in [4.69, 9.17) is 27.2 Å². The molecule has 0 radical (unpaired) electrons. The minimum absolute atomic E-state index is 0.0988. The molecule has 0 heterocycles. The van der Waals surface area contributed by atoms with E-state index in [1.165, 1.54) is 0 Å². The monoisotopic (exact) mass is 271 g/mol. The van der Waals surface area contributed by atoms with Crippen molar-refractivity contribution in [3.8, 4) is 5.75 Å². The molecule has 2 unspecified atom stereocenters. The second kappa shape index (κ2) is 7.24. The van der Waals surface area contributed by atoms with E-state index in [0.29, 0.717) is 23.6 Å². The molecule has 4 nitrogen and oxygen atoms in total. The van der Waals surface area contributed by atoms with Crippen LogP contribution in [-0.4, -0.2) is 23.7 Å². The molecule has 0 bridgehead atoms. The Bertz CT molecular complexity index is 398. The lowest BCUT2D eigenvalue weighted by Gasteiger charge is -2.17. The maximum absolute atomic E-state index is 10.8. The summed E-state index contributed by atoms with van der Waals surface area (Å²) in [4.78, 5) is 10.8. The second-order valence-corrected chi connectivity index (χ2v) is 4.61. The molecule has 3 N–H and O–H groups in total. The summed E-state index contributed by atoms with van der Waals surface area (Å²) in [5.41, 5.74) is 5.39. The molecule has 0 aliphatic carbocycles. The van der Waals surface area contributed by atoms with Crippen molar-refractivity contribution in [2.24, 2.45) is 11.7 Å². The zero-order valence-corrected chi connectivity index (χ0v) is 11.1. The van der Waals surface area contributed by atoms with Crippen molar-refractivity contribution in [3.05, 3.63) is 29.3 Å². The Balaban J connectivity index is 2.45. The first-order valence-electron chi connectivity index (χ1n) is 5.88. The molecule has 5 heteroatoms. The van der Waals surface area contributed by atoms with Gasteiger partial charge < -0.3 is 15.6 Å². The predicted octanol–water partition coefficient (Wildman–Crippen LogP) is 2.55. The van der Waals surface area contributed by atoms with Gasteiger partial charge >= 0.3 is 5.97 Å². The predicted molar refractivity (Wildman–Crippen MR) is 71.0 cm³/mol. The number of carboxylic acids is 1. The van der Waals surface area contributed by atoms with Crippen molar-refractivity contribution < 1.29 is 14.6 Å². The summed E-state index contributed by atoms with van der Waals surface area (Å²) in [6.45, 7) is 2.03. The van der Waals surface area contributed by atoms with Crippen molar-refractivity contribution in [2.45, 2.75) is 25.9 Å². The highest BCUT2D eigenvalue weighted by molar-refractivity contribution is 6.32. The smallest absolute Gasteiger partial charge is 0.307 e. The van der Waals surface area contributed by atoms with Crippen molar-refractivity contribution in [1.82, 2.24) is 0 Å². The lowest BCUT2D eigenvalue weighted by molar-refractivity contribution is -0.141. The molecule has 0 fully saturated rings. The summed E-state index contributed by atoms with van der Waals surface area (Å²) >= 11 is 5.97. The summed E-state index contributed by atoms with van der Waals surface area (Å²) in [6, 6.07) is 7.21. The SMILES string of the molecule is CC(CCC(CN)C(=O)O)Oc1ccccc1Cl. The lowest BCUT2D eigenvalue weighted by Crippen LogP contribution is -2.25. The van der Waals surface area contributed by atoms with E-state index >= 15 is 0 Å². The Hall–Kier alpha value is -1.26. The van der Waals surface area contributed by atoms with Gasteiger partial charge in [-0.15, -0.1) is 0 Å². The van der Waals surface area contributed by atoms with E-state index in [-0.39, 0.29) is 12.6 Å². The zero-order valence-electron chi connectivity index (χ0n) is 10.3. The average molecular weight is 272 g/mol. The molecule has 0 amide bonds. The van der Waals surface area contributed by atoms with Gasteiger partial charge in [-0.1, -0.05) is 23.7 Å². The maximum Gasteiger partial charge on any atom is 0.307 e. The van der Waals surface area contributed by atoms with Crippen LogP contribution >= 0.6 is 11.6 Å². The van der Waals surface area contributed by atoms with Crippen LogP contribution in [0.25, 0.3) is 0 Å². The van der Waals surface area contributed by atoms with Gasteiger partial charge in [-0.3, -0.25) is 4.79 Å². The lowest BCUT2D eigenvalue weighted by atomic mass is 10.0. The Kier molecular flexibility index (Phi) is 5.95. The first-order chi connectivity index (χ1) is 8.54. The molecule has 1 aromatic carbocycles. The molecule has 1 rings (SSSR count). The average Bonchev–Trinajstić information content (AvgIpc) is 2.32. The first kappa shape index (κ1) is 14.8. The van der Waals surface area contributed by atoms with E-state index in [9.17, 15) is 4.79 Å². The van der Waals surface area contributed by atoms with Crippen LogP contribution in [0.15, 0.2) is 24.3 Å². The summed E-state index contributed by atoms with van der Waals surface area (Å²) in [6.07, 6.45) is 1.02. The summed E-state index contributed by atoms with van der Waals surface area (Å²) in [7, 11) is 0. The minimum Gasteiger partial charge on any atom is -0.489 e. The van der Waals surface area contributed by atoms with E-state index < -0.39 is 11.9 Å². The quantitative estimate of drug-likeness (QED) is 0.799. The number of hydrogen-bond acceptors (Lipinski definition) is 3. The zero-order chi connectivity index (χ0) is 13.5. The number of hydrogen-bond donors (Lipinski definition) is 2. The molecule has 1 aromatic rings. The van der Waals surface area contributed by atoms with Gasteiger partial charge in [0.2, 0.25) is 0 Å². The fourth-order valence-corrected chi connectivity index (χ4v) is 1.77. The number of halogens is 1. The summed E-state index contributed by atoms with van der Waals surface area (Å²) in [5, 5.41) is 9.43. The fourth-order valence-electron chi connectivity index (χ4n) is 1.59. The van der Waals surface area contributed by atoms with E-state index in [0.717, 1.165) is 0 Å². The fraction of sp³-hybridized carbons (Fsp3) is 0.462. The second-order valence-electron chi connectivity index (χ2n) is 4.21. The third-order valence-corrected chi connectivity index (χ3v) is 3.03. The molecule has 0 aliphatic rings. The molecule has 100 valence electrons. The normalized spacial score (nSPS) is 13.9. The molecule has 2 atom stereocenters. The van der Waals surface area contributed by atoms with Gasteiger partial charge in [0, 0.05) is 6.54 Å². The Morgan fingerprint density at radius 2 is 2.11 bits per heavy atom. The molecule has 0 saturated heterocycles. The van der Waals surface area contributed by atoms with Crippen LogP contribution in [0.4, 0.5) is 0 Å². The Labute approximate surface area is 112 Å². The van der Waals surface area contributed by atoms with Crippen molar-refractivity contribution in [1.29, 1.82) is 0 Å². The molecular weight excluding hydrogens is 254 g/mol. The van der Waals surface area contributed by atoms with Crippen molar-refractivity contribution >= 4 is 17.6 Å². The van der Waals surface area contributed by atoms with E-state index in [1.807, 2.05) is 19.1 Å². The van der Waals surface area contributed by atoms with Crippen LogP contribution in [0.2, 0.25) is 5.02 Å².